The largest absolute Gasteiger partial charge is 0.506 e. The van der Waals surface area contributed by atoms with Gasteiger partial charge < -0.3 is 10.2 Å². The zero-order valence-corrected chi connectivity index (χ0v) is 17.5. The predicted octanol–water partition coefficient (Wildman–Crippen LogP) is 5.66. The number of carbonyl (C=O) groups excluding carboxylic acids is 1. The first-order valence-electron chi connectivity index (χ1n) is 9.63. The second kappa shape index (κ2) is 8.29. The quantitative estimate of drug-likeness (QED) is 0.546. The molecule has 6 heteroatoms. The lowest BCUT2D eigenvalue weighted by Crippen LogP contribution is -2.16. The number of unbranched alkanes of at least 4 members (excludes halogenated alkanes) is 1. The van der Waals surface area contributed by atoms with Crippen LogP contribution in [0.2, 0.25) is 5.02 Å². The van der Waals surface area contributed by atoms with E-state index in [9.17, 15) is 19.8 Å². The lowest BCUT2D eigenvalue weighted by atomic mass is 9.91. The number of fused-ring (bicyclic) bond motifs is 1. The number of rotatable bonds is 6. The Morgan fingerprint density at radius 1 is 1.14 bits per heavy atom. The molecule has 0 spiro atoms. The minimum Gasteiger partial charge on any atom is -0.506 e. The summed E-state index contributed by atoms with van der Waals surface area (Å²) in [5, 5.41) is 20.7. The molecule has 152 valence electrons. The van der Waals surface area contributed by atoms with Crippen molar-refractivity contribution in [1.82, 2.24) is 4.57 Å². The molecule has 0 radical (unpaired) electrons. The molecule has 5 nitrogen and oxygen atoms in total. The molecule has 0 aliphatic rings. The van der Waals surface area contributed by atoms with Gasteiger partial charge in [-0.3, -0.25) is 14.2 Å². The van der Waals surface area contributed by atoms with Crippen molar-refractivity contribution in [2.45, 2.75) is 46.0 Å². The Morgan fingerprint density at radius 3 is 2.38 bits per heavy atom. The Bertz CT molecular complexity index is 1080. The van der Waals surface area contributed by atoms with Gasteiger partial charge in [0, 0.05) is 16.6 Å². The third kappa shape index (κ3) is 3.87. The Kier molecular flexibility index (Phi) is 5.99. The van der Waals surface area contributed by atoms with Crippen LogP contribution in [0.3, 0.4) is 0 Å². The first kappa shape index (κ1) is 20.9. The maximum absolute atomic E-state index is 13.3. The zero-order valence-electron chi connectivity index (χ0n) is 16.7. The third-order valence-electron chi connectivity index (χ3n) is 5.32. The van der Waals surface area contributed by atoms with Crippen molar-refractivity contribution >= 4 is 34.4 Å². The molecule has 3 aromatic rings. The number of aromatic nitrogens is 1. The number of carboxylic acids is 1. The number of carboxylic acid groups (broad SMARTS) is 1. The van der Waals surface area contributed by atoms with E-state index in [-0.39, 0.29) is 16.7 Å². The Labute approximate surface area is 174 Å². The number of carbonyl (C=O) groups is 2. The van der Waals surface area contributed by atoms with Crippen molar-refractivity contribution in [2.24, 2.45) is 0 Å². The van der Waals surface area contributed by atoms with Gasteiger partial charge in [0.2, 0.25) is 0 Å². The van der Waals surface area contributed by atoms with Crippen LogP contribution in [0.15, 0.2) is 36.4 Å². The standard InChI is InChI=1S/C23H24ClNO4/c1-4-5-6-16(23(28)29)21-14(3)25(19-12-18(24)20(26)11-17(19)21)22(27)15-9-7-13(2)8-10-15/h7-12,16,26H,4-6H2,1-3H3,(H,28,29). The number of halogens is 1. The minimum atomic E-state index is -0.946. The number of phenolic OH excluding ortho intramolecular Hbond substituents is 1. The van der Waals surface area contributed by atoms with E-state index < -0.39 is 11.9 Å². The summed E-state index contributed by atoms with van der Waals surface area (Å²) in [5.41, 5.74) is 3.12. The lowest BCUT2D eigenvalue weighted by Gasteiger charge is -2.14. The van der Waals surface area contributed by atoms with E-state index in [1.807, 2.05) is 26.0 Å². The van der Waals surface area contributed by atoms with Crippen LogP contribution in [-0.2, 0) is 4.79 Å². The van der Waals surface area contributed by atoms with E-state index in [1.165, 1.54) is 16.7 Å². The molecule has 0 saturated heterocycles. The van der Waals surface area contributed by atoms with Crippen LogP contribution in [-0.4, -0.2) is 26.7 Å². The number of phenols is 1. The molecule has 0 amide bonds. The molecular weight excluding hydrogens is 390 g/mol. The Morgan fingerprint density at radius 2 is 1.79 bits per heavy atom. The summed E-state index contributed by atoms with van der Waals surface area (Å²) in [6.07, 6.45) is 2.06. The second-order valence-electron chi connectivity index (χ2n) is 7.36. The molecule has 1 atom stereocenters. The summed E-state index contributed by atoms with van der Waals surface area (Å²) < 4.78 is 1.50. The van der Waals surface area contributed by atoms with Crippen molar-refractivity contribution in [3.8, 4) is 5.75 Å². The monoisotopic (exact) mass is 413 g/mol. The smallest absolute Gasteiger partial charge is 0.311 e. The van der Waals surface area contributed by atoms with E-state index in [2.05, 4.69) is 0 Å². The zero-order chi connectivity index (χ0) is 21.3. The van der Waals surface area contributed by atoms with Crippen LogP contribution in [0, 0.1) is 13.8 Å². The number of aromatic hydroxyl groups is 1. The van der Waals surface area contributed by atoms with E-state index in [4.69, 9.17) is 11.6 Å². The Balaban J connectivity index is 2.29. The molecule has 1 aromatic heterocycles. The maximum atomic E-state index is 13.3. The molecule has 0 aliphatic carbocycles. The topological polar surface area (TPSA) is 79.5 Å². The van der Waals surface area contributed by atoms with Gasteiger partial charge in [-0.1, -0.05) is 49.1 Å². The highest BCUT2D eigenvalue weighted by molar-refractivity contribution is 6.33. The van der Waals surface area contributed by atoms with Crippen LogP contribution in [0.4, 0.5) is 0 Å². The molecule has 0 bridgehead atoms. The van der Waals surface area contributed by atoms with Gasteiger partial charge in [0.05, 0.1) is 16.5 Å². The van der Waals surface area contributed by atoms with E-state index in [0.29, 0.717) is 34.1 Å². The summed E-state index contributed by atoms with van der Waals surface area (Å²) in [6.45, 7) is 5.69. The maximum Gasteiger partial charge on any atom is 0.311 e. The fourth-order valence-corrected chi connectivity index (χ4v) is 3.93. The van der Waals surface area contributed by atoms with Crippen LogP contribution in [0.25, 0.3) is 10.9 Å². The molecule has 3 rings (SSSR count). The molecule has 0 aliphatic heterocycles. The van der Waals surface area contributed by atoms with Gasteiger partial charge in [-0.15, -0.1) is 0 Å². The highest BCUT2D eigenvalue weighted by Gasteiger charge is 2.29. The fourth-order valence-electron chi connectivity index (χ4n) is 3.77. The summed E-state index contributed by atoms with van der Waals surface area (Å²) in [7, 11) is 0. The first-order chi connectivity index (χ1) is 13.8. The van der Waals surface area contributed by atoms with Gasteiger partial charge in [-0.2, -0.15) is 0 Å². The van der Waals surface area contributed by atoms with E-state index in [0.717, 1.165) is 18.4 Å². The summed E-state index contributed by atoms with van der Waals surface area (Å²) in [6, 6.07) is 10.2. The molecule has 1 unspecified atom stereocenters. The fraction of sp³-hybridized carbons (Fsp3) is 0.304. The summed E-state index contributed by atoms with van der Waals surface area (Å²) in [5.74, 6) is -2.12. The van der Waals surface area contributed by atoms with Gasteiger partial charge in [-0.05, 0) is 50.1 Å². The van der Waals surface area contributed by atoms with Gasteiger partial charge in [0.15, 0.2) is 0 Å². The number of aliphatic carboxylic acids is 1. The number of nitrogens with zero attached hydrogens (tertiary/aromatic N) is 1. The normalized spacial score (nSPS) is 12.3. The number of hydrogen-bond acceptors (Lipinski definition) is 3. The van der Waals surface area contributed by atoms with Crippen molar-refractivity contribution in [2.75, 3.05) is 0 Å². The molecule has 0 fully saturated rings. The lowest BCUT2D eigenvalue weighted by molar-refractivity contribution is -0.139. The highest BCUT2D eigenvalue weighted by Crippen LogP contribution is 2.39. The van der Waals surface area contributed by atoms with Gasteiger partial charge in [0.1, 0.15) is 5.75 Å². The van der Waals surface area contributed by atoms with Crippen LogP contribution in [0.5, 0.6) is 5.75 Å². The van der Waals surface area contributed by atoms with Crippen LogP contribution in [0.1, 0.15) is 59.3 Å². The molecule has 29 heavy (non-hydrogen) atoms. The number of hydrogen-bond donors (Lipinski definition) is 2. The second-order valence-corrected chi connectivity index (χ2v) is 7.77. The first-order valence-corrected chi connectivity index (χ1v) is 10.0. The van der Waals surface area contributed by atoms with E-state index in [1.54, 1.807) is 19.1 Å². The minimum absolute atomic E-state index is 0.111. The van der Waals surface area contributed by atoms with Crippen molar-refractivity contribution in [1.29, 1.82) is 0 Å². The number of benzene rings is 2. The Hall–Kier alpha value is -2.79. The van der Waals surface area contributed by atoms with E-state index >= 15 is 0 Å². The SMILES string of the molecule is CCCCC(C(=O)O)c1c(C)n(C(=O)c2ccc(C)cc2)c2cc(Cl)c(O)cc12. The van der Waals surface area contributed by atoms with Crippen molar-refractivity contribution in [3.05, 3.63) is 63.8 Å². The van der Waals surface area contributed by atoms with Gasteiger partial charge in [0.25, 0.3) is 5.91 Å². The van der Waals surface area contributed by atoms with Crippen molar-refractivity contribution < 1.29 is 19.8 Å². The summed E-state index contributed by atoms with van der Waals surface area (Å²) >= 11 is 6.13. The highest BCUT2D eigenvalue weighted by atomic mass is 35.5. The van der Waals surface area contributed by atoms with Gasteiger partial charge >= 0.3 is 5.97 Å². The molecule has 2 aromatic carbocycles. The van der Waals surface area contributed by atoms with Crippen LogP contribution < -0.4 is 0 Å². The molecule has 2 N–H and O–H groups in total. The molecule has 1 heterocycles. The predicted molar refractivity (Wildman–Crippen MR) is 114 cm³/mol. The summed E-state index contributed by atoms with van der Waals surface area (Å²) in [4.78, 5) is 25.4. The average molecular weight is 414 g/mol. The molecular formula is C23H24ClNO4. The number of aryl methyl sites for hydroxylation is 1. The van der Waals surface area contributed by atoms with Crippen molar-refractivity contribution in [3.63, 3.8) is 0 Å². The van der Waals surface area contributed by atoms with Gasteiger partial charge in [-0.25, -0.2) is 0 Å². The third-order valence-corrected chi connectivity index (χ3v) is 5.62. The average Bonchev–Trinajstić information content (AvgIpc) is 2.94. The molecule has 0 saturated carbocycles. The van der Waals surface area contributed by atoms with Crippen LogP contribution >= 0.6 is 11.6 Å².